The fourth-order valence-corrected chi connectivity index (χ4v) is 2.94. The van der Waals surface area contributed by atoms with Gasteiger partial charge in [-0.2, -0.15) is 0 Å². The van der Waals surface area contributed by atoms with E-state index >= 15 is 0 Å². The highest BCUT2D eigenvalue weighted by atomic mass is 35.7. The van der Waals surface area contributed by atoms with E-state index in [1.807, 2.05) is 0 Å². The van der Waals surface area contributed by atoms with E-state index in [4.69, 9.17) is 10.7 Å². The van der Waals surface area contributed by atoms with Crippen LogP contribution in [0.5, 0.6) is 0 Å². The van der Waals surface area contributed by atoms with Crippen molar-refractivity contribution in [1.82, 2.24) is 4.90 Å². The van der Waals surface area contributed by atoms with Gasteiger partial charge in [-0.3, -0.25) is 4.79 Å². The maximum absolute atomic E-state index is 12.2. The number of halogens is 3. The first-order valence-corrected chi connectivity index (χ1v) is 8.09. The second kappa shape index (κ2) is 6.49. The van der Waals surface area contributed by atoms with Gasteiger partial charge in [-0.15, -0.1) is 0 Å². The van der Waals surface area contributed by atoms with Crippen LogP contribution in [-0.4, -0.2) is 39.2 Å². The Morgan fingerprint density at radius 2 is 2.00 bits per heavy atom. The first-order valence-electron chi connectivity index (χ1n) is 5.78. The van der Waals surface area contributed by atoms with Crippen LogP contribution in [0.4, 0.5) is 8.78 Å². The molecule has 0 unspecified atom stereocenters. The Morgan fingerprint density at radius 1 is 1.40 bits per heavy atom. The molecule has 0 saturated heterocycles. The zero-order valence-electron chi connectivity index (χ0n) is 10.9. The van der Waals surface area contributed by atoms with Crippen LogP contribution < -0.4 is 0 Å². The highest BCUT2D eigenvalue weighted by Gasteiger charge is 2.20. The summed E-state index contributed by atoms with van der Waals surface area (Å²) in [6.45, 7) is 1.02. The predicted octanol–water partition coefficient (Wildman–Crippen LogP) is 2.51. The molecule has 0 fully saturated rings. The van der Waals surface area contributed by atoms with Gasteiger partial charge in [0.15, 0.2) is 0 Å². The maximum Gasteiger partial charge on any atom is 0.261 e. The number of carbonyl (C=O) groups is 1. The molecular formula is C12H14ClF2NO3S. The van der Waals surface area contributed by atoms with Crippen molar-refractivity contribution in [2.45, 2.75) is 24.7 Å². The molecule has 1 amide bonds. The lowest BCUT2D eigenvalue weighted by Gasteiger charge is -2.17. The monoisotopic (exact) mass is 325 g/mol. The van der Waals surface area contributed by atoms with Crippen molar-refractivity contribution in [3.05, 3.63) is 29.3 Å². The van der Waals surface area contributed by atoms with E-state index in [-0.39, 0.29) is 10.5 Å². The number of rotatable bonds is 5. The number of hydrogen-bond acceptors (Lipinski definition) is 3. The van der Waals surface area contributed by atoms with E-state index in [2.05, 4.69) is 0 Å². The minimum Gasteiger partial charge on any atom is -0.336 e. The Labute approximate surface area is 120 Å². The molecule has 0 atom stereocenters. The molecule has 0 saturated carbocycles. The molecule has 20 heavy (non-hydrogen) atoms. The van der Waals surface area contributed by atoms with Crippen LogP contribution in [-0.2, 0) is 15.5 Å². The highest BCUT2D eigenvalue weighted by molar-refractivity contribution is 8.13. The maximum atomic E-state index is 12.2. The van der Waals surface area contributed by atoms with Crippen molar-refractivity contribution in [1.29, 1.82) is 0 Å². The number of benzene rings is 1. The third-order valence-corrected chi connectivity index (χ3v) is 4.12. The van der Waals surface area contributed by atoms with Crippen LogP contribution >= 0.6 is 10.7 Å². The van der Waals surface area contributed by atoms with E-state index < -0.39 is 27.9 Å². The topological polar surface area (TPSA) is 54.5 Å². The molecule has 0 bridgehead atoms. The molecule has 0 aliphatic heterocycles. The smallest absolute Gasteiger partial charge is 0.261 e. The minimum atomic E-state index is -4.00. The summed E-state index contributed by atoms with van der Waals surface area (Å²) in [5.41, 5.74) is 0.470. The Morgan fingerprint density at radius 3 is 2.45 bits per heavy atom. The number of carbonyl (C=O) groups excluding carboxylic acids is 1. The Kier molecular flexibility index (Phi) is 5.47. The third-order valence-electron chi connectivity index (χ3n) is 2.72. The summed E-state index contributed by atoms with van der Waals surface area (Å²) in [6.07, 6.45) is -2.24. The summed E-state index contributed by atoms with van der Waals surface area (Å²) in [7, 11) is 2.53. The van der Waals surface area contributed by atoms with Gasteiger partial charge in [-0.1, -0.05) is 13.0 Å². The number of alkyl halides is 2. The van der Waals surface area contributed by atoms with Gasteiger partial charge in [0.1, 0.15) is 0 Å². The predicted molar refractivity (Wildman–Crippen MR) is 71.8 cm³/mol. The molecule has 0 N–H and O–H groups in total. The largest absolute Gasteiger partial charge is 0.336 e. The molecule has 0 aromatic heterocycles. The average molecular weight is 326 g/mol. The third kappa shape index (κ3) is 4.14. The molecule has 0 heterocycles. The van der Waals surface area contributed by atoms with Crippen molar-refractivity contribution in [2.24, 2.45) is 0 Å². The summed E-state index contributed by atoms with van der Waals surface area (Å²) in [6, 6.07) is 3.97. The van der Waals surface area contributed by atoms with Crippen LogP contribution in [0.3, 0.4) is 0 Å². The van der Waals surface area contributed by atoms with Crippen molar-refractivity contribution in [2.75, 3.05) is 13.6 Å². The summed E-state index contributed by atoms with van der Waals surface area (Å²) >= 11 is 0. The first kappa shape index (κ1) is 16.8. The number of amides is 1. The Balaban J connectivity index is 3.19. The minimum absolute atomic E-state index is 0.00424. The molecule has 0 spiro atoms. The Hall–Kier alpha value is -1.21. The first-order chi connectivity index (χ1) is 9.16. The van der Waals surface area contributed by atoms with Crippen LogP contribution in [0.1, 0.15) is 22.8 Å². The molecule has 1 aromatic rings. The highest BCUT2D eigenvalue weighted by Crippen LogP contribution is 2.23. The van der Waals surface area contributed by atoms with Gasteiger partial charge in [0.05, 0.1) is 11.4 Å². The average Bonchev–Trinajstić information content (AvgIpc) is 2.35. The molecule has 0 aliphatic rings. The quantitative estimate of drug-likeness (QED) is 0.782. The van der Waals surface area contributed by atoms with Crippen LogP contribution in [0.15, 0.2) is 23.1 Å². The van der Waals surface area contributed by atoms with E-state index in [1.54, 1.807) is 6.92 Å². The number of hydrogen-bond donors (Lipinski definition) is 0. The molecule has 8 heteroatoms. The van der Waals surface area contributed by atoms with Gasteiger partial charge < -0.3 is 4.90 Å². The zero-order valence-corrected chi connectivity index (χ0v) is 12.5. The van der Waals surface area contributed by atoms with Gasteiger partial charge in [0, 0.05) is 23.3 Å². The van der Waals surface area contributed by atoms with Crippen LogP contribution in [0.2, 0.25) is 0 Å². The van der Waals surface area contributed by atoms with Gasteiger partial charge in [-0.25, -0.2) is 17.2 Å². The molecule has 1 rings (SSSR count). The van der Waals surface area contributed by atoms with E-state index in [0.29, 0.717) is 12.0 Å². The van der Waals surface area contributed by atoms with Crippen molar-refractivity contribution < 1.29 is 22.0 Å². The summed E-state index contributed by atoms with van der Waals surface area (Å²) in [5, 5.41) is 0. The molecule has 1 aromatic carbocycles. The molecule has 4 nitrogen and oxygen atoms in total. The number of nitrogens with zero attached hydrogens (tertiary/aromatic N) is 1. The van der Waals surface area contributed by atoms with E-state index in [0.717, 1.165) is 11.0 Å². The van der Waals surface area contributed by atoms with Gasteiger partial charge in [-0.05, 0) is 24.1 Å². The number of aryl methyl sites for hydroxylation is 1. The van der Waals surface area contributed by atoms with E-state index in [9.17, 15) is 22.0 Å². The normalized spacial score (nSPS) is 11.7. The molecule has 0 aliphatic carbocycles. The van der Waals surface area contributed by atoms with Gasteiger partial charge in [0.2, 0.25) is 0 Å². The lowest BCUT2D eigenvalue weighted by molar-refractivity contribution is 0.0620. The van der Waals surface area contributed by atoms with Crippen LogP contribution in [0, 0.1) is 0 Å². The summed E-state index contributed by atoms with van der Waals surface area (Å²) in [4.78, 5) is 12.6. The Bertz CT molecular complexity index is 605. The van der Waals surface area contributed by atoms with Gasteiger partial charge in [0.25, 0.3) is 21.4 Å². The molecule has 0 radical (unpaired) electrons. The second-order valence-electron chi connectivity index (χ2n) is 4.19. The molecular weight excluding hydrogens is 312 g/mol. The van der Waals surface area contributed by atoms with Crippen molar-refractivity contribution in [3.63, 3.8) is 0 Å². The van der Waals surface area contributed by atoms with Crippen molar-refractivity contribution in [3.8, 4) is 0 Å². The molecule has 112 valence electrons. The van der Waals surface area contributed by atoms with Crippen LogP contribution in [0.25, 0.3) is 0 Å². The zero-order chi connectivity index (χ0) is 15.5. The SMILES string of the molecule is CCc1ccc(C(=O)N(C)CC(F)F)cc1S(=O)(=O)Cl. The van der Waals surface area contributed by atoms with Gasteiger partial charge >= 0.3 is 0 Å². The van der Waals surface area contributed by atoms with E-state index in [1.165, 1.54) is 19.2 Å². The fourth-order valence-electron chi connectivity index (χ4n) is 1.72. The lowest BCUT2D eigenvalue weighted by Crippen LogP contribution is -2.31. The summed E-state index contributed by atoms with van der Waals surface area (Å²) in [5.74, 6) is -0.686. The standard InChI is InChI=1S/C12H14ClF2NO3S/c1-3-8-4-5-9(6-10(8)20(13,18)19)12(17)16(2)7-11(14)15/h4-6,11H,3,7H2,1-2H3. The lowest BCUT2D eigenvalue weighted by atomic mass is 10.1. The fraction of sp³-hybridized carbons (Fsp3) is 0.417. The summed E-state index contributed by atoms with van der Waals surface area (Å²) < 4.78 is 47.4. The second-order valence-corrected chi connectivity index (χ2v) is 6.73. The van der Waals surface area contributed by atoms with Crippen molar-refractivity contribution >= 4 is 25.6 Å².